The van der Waals surface area contributed by atoms with E-state index in [1.54, 1.807) is 14.0 Å². The van der Waals surface area contributed by atoms with Gasteiger partial charge in [0, 0.05) is 19.7 Å². The number of methoxy groups -OCH3 is 1. The molecule has 3 nitrogen and oxygen atoms in total. The summed E-state index contributed by atoms with van der Waals surface area (Å²) < 4.78 is 5.16. The van der Waals surface area contributed by atoms with Crippen molar-refractivity contribution in [3.63, 3.8) is 0 Å². The van der Waals surface area contributed by atoms with Crippen molar-refractivity contribution in [3.05, 3.63) is 29.3 Å². The minimum Gasteiger partial charge on any atom is -0.383 e. The molecule has 1 unspecified atom stereocenters. The third-order valence-corrected chi connectivity index (χ3v) is 3.25. The van der Waals surface area contributed by atoms with Gasteiger partial charge in [0.2, 0.25) is 5.91 Å². The van der Waals surface area contributed by atoms with E-state index in [9.17, 15) is 4.79 Å². The molecule has 1 aromatic rings. The summed E-state index contributed by atoms with van der Waals surface area (Å²) >= 11 is 0. The lowest BCUT2D eigenvalue weighted by molar-refractivity contribution is -0.117. The van der Waals surface area contributed by atoms with E-state index in [1.165, 1.54) is 11.1 Å². The summed E-state index contributed by atoms with van der Waals surface area (Å²) in [6, 6.07) is 6.16. The van der Waals surface area contributed by atoms with E-state index in [2.05, 4.69) is 19.9 Å². The summed E-state index contributed by atoms with van der Waals surface area (Å²) in [6.45, 7) is 8.34. The highest BCUT2D eigenvalue weighted by Crippen LogP contribution is 2.25. The summed E-state index contributed by atoms with van der Waals surface area (Å²) in [5.74, 6) is 0.0518. The highest BCUT2D eigenvalue weighted by Gasteiger charge is 2.20. The number of ether oxygens (including phenoxy) is 1. The summed E-state index contributed by atoms with van der Waals surface area (Å²) in [4.78, 5) is 13.7. The van der Waals surface area contributed by atoms with Gasteiger partial charge < -0.3 is 9.64 Å². The van der Waals surface area contributed by atoms with Gasteiger partial charge in [-0.05, 0) is 37.5 Å². The maximum atomic E-state index is 11.9. The molecule has 0 aliphatic rings. The third-order valence-electron chi connectivity index (χ3n) is 3.25. The monoisotopic (exact) mass is 249 g/mol. The molecule has 0 bridgehead atoms. The molecule has 0 heterocycles. The molecular formula is C15H23NO2. The Bertz CT molecular complexity index is 415. The topological polar surface area (TPSA) is 29.5 Å². The molecule has 1 atom stereocenters. The number of aryl methyl sites for hydroxylation is 1. The Morgan fingerprint density at radius 3 is 2.61 bits per heavy atom. The molecule has 18 heavy (non-hydrogen) atoms. The van der Waals surface area contributed by atoms with Crippen LogP contribution < -0.4 is 4.90 Å². The molecule has 0 spiro atoms. The van der Waals surface area contributed by atoms with Crippen LogP contribution in [0.1, 0.15) is 31.9 Å². The summed E-state index contributed by atoms with van der Waals surface area (Å²) in [5.41, 5.74) is 3.45. The van der Waals surface area contributed by atoms with E-state index in [0.717, 1.165) is 12.1 Å². The Labute approximate surface area is 110 Å². The number of amides is 1. The van der Waals surface area contributed by atoms with Gasteiger partial charge >= 0.3 is 0 Å². The SMILES string of the molecule is CCc1cccc(N(C(C)=O)C(C)COC)c1C. The fraction of sp³-hybridized carbons (Fsp3) is 0.533. The maximum Gasteiger partial charge on any atom is 0.224 e. The highest BCUT2D eigenvalue weighted by molar-refractivity contribution is 5.93. The fourth-order valence-corrected chi connectivity index (χ4v) is 2.35. The van der Waals surface area contributed by atoms with Crippen molar-refractivity contribution in [1.29, 1.82) is 0 Å². The molecular weight excluding hydrogens is 226 g/mol. The predicted molar refractivity (Wildman–Crippen MR) is 75.1 cm³/mol. The van der Waals surface area contributed by atoms with Gasteiger partial charge in [0.15, 0.2) is 0 Å². The van der Waals surface area contributed by atoms with Gasteiger partial charge in [0.1, 0.15) is 0 Å². The number of benzene rings is 1. The van der Waals surface area contributed by atoms with Gasteiger partial charge in [-0.15, -0.1) is 0 Å². The summed E-state index contributed by atoms with van der Waals surface area (Å²) in [6.07, 6.45) is 0.976. The minimum atomic E-state index is 0.0401. The molecule has 0 saturated heterocycles. The first-order valence-corrected chi connectivity index (χ1v) is 6.40. The first kappa shape index (κ1) is 14.7. The lowest BCUT2D eigenvalue weighted by Gasteiger charge is -2.30. The van der Waals surface area contributed by atoms with Crippen LogP contribution in [0, 0.1) is 6.92 Å². The van der Waals surface area contributed by atoms with Crippen LogP contribution in [0.25, 0.3) is 0 Å². The van der Waals surface area contributed by atoms with Crippen LogP contribution in [0.3, 0.4) is 0 Å². The molecule has 1 aromatic carbocycles. The average molecular weight is 249 g/mol. The van der Waals surface area contributed by atoms with Crippen LogP contribution in [-0.2, 0) is 16.0 Å². The van der Waals surface area contributed by atoms with Crippen molar-refractivity contribution in [2.24, 2.45) is 0 Å². The van der Waals surface area contributed by atoms with Crippen LogP contribution in [-0.4, -0.2) is 25.7 Å². The lowest BCUT2D eigenvalue weighted by Crippen LogP contribution is -2.40. The molecule has 0 aliphatic heterocycles. The van der Waals surface area contributed by atoms with Gasteiger partial charge in [0.25, 0.3) is 0 Å². The Morgan fingerprint density at radius 1 is 1.44 bits per heavy atom. The Balaban J connectivity index is 3.18. The van der Waals surface area contributed by atoms with E-state index in [-0.39, 0.29) is 11.9 Å². The molecule has 100 valence electrons. The molecule has 0 aliphatic carbocycles. The Morgan fingerprint density at radius 2 is 2.11 bits per heavy atom. The minimum absolute atomic E-state index is 0.0401. The van der Waals surface area contributed by atoms with E-state index in [4.69, 9.17) is 4.74 Å². The van der Waals surface area contributed by atoms with Gasteiger partial charge in [-0.3, -0.25) is 4.79 Å². The van der Waals surface area contributed by atoms with Gasteiger partial charge in [-0.1, -0.05) is 19.1 Å². The summed E-state index contributed by atoms with van der Waals surface area (Å²) in [7, 11) is 1.66. The quantitative estimate of drug-likeness (QED) is 0.803. The van der Waals surface area contributed by atoms with Crippen molar-refractivity contribution in [2.75, 3.05) is 18.6 Å². The second-order valence-corrected chi connectivity index (χ2v) is 4.61. The number of carbonyl (C=O) groups excluding carboxylic acids is 1. The smallest absolute Gasteiger partial charge is 0.224 e. The highest BCUT2D eigenvalue weighted by atomic mass is 16.5. The van der Waals surface area contributed by atoms with Crippen molar-refractivity contribution < 1.29 is 9.53 Å². The van der Waals surface area contributed by atoms with Gasteiger partial charge in [-0.2, -0.15) is 0 Å². The average Bonchev–Trinajstić information content (AvgIpc) is 2.31. The standard InChI is InChI=1S/C15H23NO2/c1-6-14-8-7-9-15(12(14)3)16(13(4)17)11(2)10-18-5/h7-9,11H,6,10H2,1-5H3. The van der Waals surface area contributed by atoms with E-state index in [1.807, 2.05) is 24.0 Å². The molecule has 0 fully saturated rings. The van der Waals surface area contributed by atoms with Crippen LogP contribution in [0.4, 0.5) is 5.69 Å². The zero-order valence-corrected chi connectivity index (χ0v) is 12.0. The predicted octanol–water partition coefficient (Wildman–Crippen LogP) is 2.95. The first-order chi connectivity index (χ1) is 8.52. The van der Waals surface area contributed by atoms with Gasteiger partial charge in [-0.25, -0.2) is 0 Å². The molecule has 0 radical (unpaired) electrons. The second-order valence-electron chi connectivity index (χ2n) is 4.61. The van der Waals surface area contributed by atoms with Crippen LogP contribution in [0.5, 0.6) is 0 Å². The summed E-state index contributed by atoms with van der Waals surface area (Å²) in [5, 5.41) is 0. The van der Waals surface area contributed by atoms with Crippen LogP contribution in [0.15, 0.2) is 18.2 Å². The van der Waals surface area contributed by atoms with Crippen molar-refractivity contribution >= 4 is 11.6 Å². The number of rotatable bonds is 5. The van der Waals surface area contributed by atoms with Crippen LogP contribution in [0.2, 0.25) is 0 Å². The second kappa shape index (κ2) is 6.55. The number of hydrogen-bond donors (Lipinski definition) is 0. The van der Waals surface area contributed by atoms with E-state index >= 15 is 0 Å². The molecule has 0 saturated carbocycles. The van der Waals surface area contributed by atoms with Crippen LogP contribution >= 0.6 is 0 Å². The molecule has 0 N–H and O–H groups in total. The Kier molecular flexibility index (Phi) is 5.35. The molecule has 0 aromatic heterocycles. The van der Waals surface area contributed by atoms with Crippen molar-refractivity contribution in [2.45, 2.75) is 40.2 Å². The van der Waals surface area contributed by atoms with E-state index < -0.39 is 0 Å². The van der Waals surface area contributed by atoms with Gasteiger partial charge in [0.05, 0.1) is 12.6 Å². The molecule has 1 amide bonds. The largest absolute Gasteiger partial charge is 0.383 e. The molecule has 3 heteroatoms. The maximum absolute atomic E-state index is 11.9. The number of anilines is 1. The number of carbonyl (C=O) groups is 1. The first-order valence-electron chi connectivity index (χ1n) is 6.40. The zero-order valence-electron chi connectivity index (χ0n) is 12.0. The fourth-order valence-electron chi connectivity index (χ4n) is 2.35. The van der Waals surface area contributed by atoms with Crippen molar-refractivity contribution in [1.82, 2.24) is 0 Å². The van der Waals surface area contributed by atoms with E-state index in [0.29, 0.717) is 6.61 Å². The zero-order chi connectivity index (χ0) is 13.7. The Hall–Kier alpha value is -1.35. The normalized spacial score (nSPS) is 12.3. The molecule has 1 rings (SSSR count). The third kappa shape index (κ3) is 3.10. The number of nitrogens with zero attached hydrogens (tertiary/aromatic N) is 1. The number of hydrogen-bond acceptors (Lipinski definition) is 2. The van der Waals surface area contributed by atoms with Crippen molar-refractivity contribution in [3.8, 4) is 0 Å². The lowest BCUT2D eigenvalue weighted by atomic mass is 10.0.